The summed E-state index contributed by atoms with van der Waals surface area (Å²) in [5.74, 6) is -2.50. The number of aliphatic carboxylic acids is 1. The zero-order valence-electron chi connectivity index (χ0n) is 15.5. The quantitative estimate of drug-likeness (QED) is 0.221. The van der Waals surface area contributed by atoms with Gasteiger partial charge in [0.05, 0.1) is 12.4 Å². The summed E-state index contributed by atoms with van der Waals surface area (Å²) in [5, 5.41) is 14.2. The predicted octanol–water partition coefficient (Wildman–Crippen LogP) is -1.65. The van der Waals surface area contributed by atoms with Crippen LogP contribution in [0.2, 0.25) is 0 Å². The van der Waals surface area contributed by atoms with Gasteiger partial charge in [0.25, 0.3) is 0 Å². The summed E-state index contributed by atoms with van der Waals surface area (Å²) in [5.41, 5.74) is 11.4. The summed E-state index contributed by atoms with van der Waals surface area (Å²) < 4.78 is 0. The van der Waals surface area contributed by atoms with Crippen LogP contribution in [0.25, 0.3) is 0 Å². The number of aromatic nitrogens is 2. The molecule has 3 unspecified atom stereocenters. The van der Waals surface area contributed by atoms with Crippen molar-refractivity contribution in [1.82, 2.24) is 20.6 Å². The molecule has 0 aliphatic heterocycles. The van der Waals surface area contributed by atoms with Crippen molar-refractivity contribution in [3.05, 3.63) is 18.2 Å². The van der Waals surface area contributed by atoms with Gasteiger partial charge in [0.1, 0.15) is 12.1 Å². The fourth-order valence-electron chi connectivity index (χ4n) is 2.30. The van der Waals surface area contributed by atoms with Crippen LogP contribution in [0.15, 0.2) is 12.5 Å². The van der Waals surface area contributed by atoms with E-state index in [2.05, 4.69) is 20.6 Å². The van der Waals surface area contributed by atoms with Crippen molar-refractivity contribution in [2.75, 3.05) is 12.0 Å². The third-order valence-electron chi connectivity index (χ3n) is 3.88. The van der Waals surface area contributed by atoms with Crippen molar-refractivity contribution >= 4 is 35.5 Å². The zero-order chi connectivity index (χ0) is 21.1. The normalized spacial score (nSPS) is 13.9. The topological polar surface area (TPSA) is 193 Å². The van der Waals surface area contributed by atoms with E-state index in [9.17, 15) is 24.3 Å². The summed E-state index contributed by atoms with van der Waals surface area (Å²) in [4.78, 5) is 53.8. The molecule has 12 heteroatoms. The van der Waals surface area contributed by atoms with Crippen LogP contribution in [0.3, 0.4) is 0 Å². The van der Waals surface area contributed by atoms with Gasteiger partial charge in [-0.15, -0.1) is 0 Å². The van der Waals surface area contributed by atoms with E-state index < -0.39 is 41.8 Å². The molecule has 0 bridgehead atoms. The van der Waals surface area contributed by atoms with Gasteiger partial charge in [0.2, 0.25) is 17.7 Å². The number of nitrogens with zero attached hydrogens (tertiary/aromatic N) is 1. The Morgan fingerprint density at radius 2 is 1.89 bits per heavy atom. The van der Waals surface area contributed by atoms with Crippen molar-refractivity contribution in [2.45, 2.75) is 43.8 Å². The molecular weight excluding hydrogens is 388 g/mol. The van der Waals surface area contributed by atoms with Gasteiger partial charge in [0.15, 0.2) is 0 Å². The number of carboxylic acids is 1. The minimum atomic E-state index is -1.16. The van der Waals surface area contributed by atoms with Crippen LogP contribution >= 0.6 is 11.8 Å². The second kappa shape index (κ2) is 12.0. The molecule has 156 valence electrons. The molecule has 0 saturated carbocycles. The van der Waals surface area contributed by atoms with Gasteiger partial charge in [-0.05, 0) is 24.9 Å². The number of rotatable bonds is 13. The Hall–Kier alpha value is -2.60. The average Bonchev–Trinajstić information content (AvgIpc) is 3.15. The minimum Gasteiger partial charge on any atom is -0.480 e. The maximum Gasteiger partial charge on any atom is 0.326 e. The van der Waals surface area contributed by atoms with Crippen LogP contribution in [-0.2, 0) is 25.6 Å². The molecule has 3 atom stereocenters. The van der Waals surface area contributed by atoms with Crippen LogP contribution in [0.1, 0.15) is 25.0 Å². The number of carboxylic acid groups (broad SMARTS) is 1. The van der Waals surface area contributed by atoms with E-state index in [-0.39, 0.29) is 25.7 Å². The number of amides is 3. The van der Waals surface area contributed by atoms with Crippen LogP contribution in [0, 0.1) is 0 Å². The number of nitrogens with two attached hydrogens (primary N) is 2. The molecule has 1 aromatic heterocycles. The molecule has 0 radical (unpaired) electrons. The molecule has 1 aromatic rings. The maximum absolute atomic E-state index is 12.6. The number of carbonyl (C=O) groups excluding carboxylic acids is 3. The van der Waals surface area contributed by atoms with Gasteiger partial charge in [-0.3, -0.25) is 14.4 Å². The number of aromatic amines is 1. The summed E-state index contributed by atoms with van der Waals surface area (Å²) in [6.45, 7) is 0. The zero-order valence-corrected chi connectivity index (χ0v) is 16.3. The van der Waals surface area contributed by atoms with Gasteiger partial charge in [-0.25, -0.2) is 9.78 Å². The third-order valence-corrected chi connectivity index (χ3v) is 4.52. The second-order valence-electron chi connectivity index (χ2n) is 6.13. The Balaban J connectivity index is 2.82. The first kappa shape index (κ1) is 23.4. The monoisotopic (exact) mass is 414 g/mol. The van der Waals surface area contributed by atoms with Gasteiger partial charge < -0.3 is 32.2 Å². The molecule has 3 amide bonds. The van der Waals surface area contributed by atoms with Crippen LogP contribution in [0.5, 0.6) is 0 Å². The molecule has 0 fully saturated rings. The number of imidazole rings is 1. The first-order valence-electron chi connectivity index (χ1n) is 8.58. The Labute approximate surface area is 166 Å². The van der Waals surface area contributed by atoms with Gasteiger partial charge >= 0.3 is 5.97 Å². The lowest BCUT2D eigenvalue weighted by Gasteiger charge is -2.22. The number of hydrogen-bond acceptors (Lipinski definition) is 7. The first-order valence-corrected chi connectivity index (χ1v) is 9.97. The van der Waals surface area contributed by atoms with Crippen molar-refractivity contribution in [1.29, 1.82) is 0 Å². The predicted molar refractivity (Wildman–Crippen MR) is 103 cm³/mol. The number of primary amides is 1. The molecule has 0 aliphatic carbocycles. The molecule has 8 N–H and O–H groups in total. The fraction of sp³-hybridized carbons (Fsp3) is 0.562. The maximum atomic E-state index is 12.6. The van der Waals surface area contributed by atoms with E-state index in [0.29, 0.717) is 11.4 Å². The van der Waals surface area contributed by atoms with Crippen LogP contribution < -0.4 is 22.1 Å². The average molecular weight is 414 g/mol. The van der Waals surface area contributed by atoms with Crippen molar-refractivity contribution in [3.8, 4) is 0 Å². The Morgan fingerprint density at radius 3 is 2.43 bits per heavy atom. The second-order valence-corrected chi connectivity index (χ2v) is 7.12. The van der Waals surface area contributed by atoms with Crippen LogP contribution in [-0.4, -0.2) is 68.9 Å². The number of H-pyrrole nitrogens is 1. The van der Waals surface area contributed by atoms with Crippen molar-refractivity contribution in [3.63, 3.8) is 0 Å². The lowest BCUT2D eigenvalue weighted by atomic mass is 10.1. The number of hydrogen-bond donors (Lipinski definition) is 6. The van der Waals surface area contributed by atoms with Gasteiger partial charge in [-0.1, -0.05) is 0 Å². The number of thioether (sulfide) groups is 1. The van der Waals surface area contributed by atoms with E-state index in [4.69, 9.17) is 11.5 Å². The van der Waals surface area contributed by atoms with E-state index in [1.54, 1.807) is 0 Å². The van der Waals surface area contributed by atoms with Crippen LogP contribution in [0.4, 0.5) is 0 Å². The summed E-state index contributed by atoms with van der Waals surface area (Å²) >= 11 is 1.46. The van der Waals surface area contributed by atoms with E-state index >= 15 is 0 Å². The molecule has 28 heavy (non-hydrogen) atoms. The van der Waals surface area contributed by atoms with Gasteiger partial charge in [-0.2, -0.15) is 11.8 Å². The lowest BCUT2D eigenvalue weighted by molar-refractivity contribution is -0.142. The highest BCUT2D eigenvalue weighted by Gasteiger charge is 2.28. The van der Waals surface area contributed by atoms with E-state index in [0.717, 1.165) is 0 Å². The standard InChI is InChI=1S/C16H26N6O5S/c1-28-5-4-11(16(26)27)21-15(25)12(6-9-7-19-8-20-9)22-14(24)10(17)2-3-13(18)23/h7-8,10-12H,2-6,17H2,1H3,(H2,18,23)(H,19,20)(H,21,25)(H,22,24)(H,26,27). The first-order chi connectivity index (χ1) is 13.2. The SMILES string of the molecule is CSCCC(NC(=O)C(Cc1cnc[nH]1)NC(=O)C(N)CCC(N)=O)C(=O)O. The Bertz CT molecular complexity index is 668. The van der Waals surface area contributed by atoms with E-state index in [1.807, 2.05) is 6.26 Å². The highest BCUT2D eigenvalue weighted by atomic mass is 32.2. The fourth-order valence-corrected chi connectivity index (χ4v) is 2.77. The lowest BCUT2D eigenvalue weighted by Crippen LogP contribution is -2.55. The molecule has 0 aromatic carbocycles. The molecule has 1 rings (SSSR count). The molecular formula is C16H26N6O5S. The number of nitrogens with one attached hydrogen (secondary N) is 3. The molecule has 0 saturated heterocycles. The van der Waals surface area contributed by atoms with E-state index in [1.165, 1.54) is 24.3 Å². The largest absolute Gasteiger partial charge is 0.480 e. The summed E-state index contributed by atoms with van der Waals surface area (Å²) in [6, 6.07) is -3.18. The number of carbonyl (C=O) groups is 4. The van der Waals surface area contributed by atoms with Gasteiger partial charge in [0, 0.05) is 24.7 Å². The molecule has 0 aliphatic rings. The highest BCUT2D eigenvalue weighted by molar-refractivity contribution is 7.98. The third kappa shape index (κ3) is 8.39. The van der Waals surface area contributed by atoms with Crippen molar-refractivity contribution in [2.24, 2.45) is 11.5 Å². The smallest absolute Gasteiger partial charge is 0.326 e. The molecule has 11 nitrogen and oxygen atoms in total. The minimum absolute atomic E-state index is 0.0328. The molecule has 1 heterocycles. The summed E-state index contributed by atoms with van der Waals surface area (Å²) in [6.07, 6.45) is 5.01. The highest BCUT2D eigenvalue weighted by Crippen LogP contribution is 2.05. The summed E-state index contributed by atoms with van der Waals surface area (Å²) in [7, 11) is 0. The van der Waals surface area contributed by atoms with Crippen molar-refractivity contribution < 1.29 is 24.3 Å². The Morgan fingerprint density at radius 1 is 1.21 bits per heavy atom. The molecule has 0 spiro atoms. The Kier molecular flexibility index (Phi) is 10.0.